The van der Waals surface area contributed by atoms with Gasteiger partial charge in [0.1, 0.15) is 0 Å². The Labute approximate surface area is 125 Å². The molecule has 2 N–H and O–H groups in total. The topological polar surface area (TPSA) is 81.1 Å². The van der Waals surface area contributed by atoms with Gasteiger partial charge in [-0.25, -0.2) is 0 Å². The first kappa shape index (κ1) is 17.8. The van der Waals surface area contributed by atoms with Crippen molar-refractivity contribution < 1.29 is 18.1 Å². The van der Waals surface area contributed by atoms with Crippen molar-refractivity contribution in [3.8, 4) is 0 Å². The molecule has 1 fully saturated rings. The second kappa shape index (κ2) is 8.82. The van der Waals surface area contributed by atoms with E-state index in [4.69, 9.17) is 9.66 Å². The third-order valence-electron chi connectivity index (χ3n) is 2.76. The minimum absolute atomic E-state index is 0. The summed E-state index contributed by atoms with van der Waals surface area (Å²) < 4.78 is 29.6. The van der Waals surface area contributed by atoms with Gasteiger partial charge in [-0.1, -0.05) is 0 Å². The molecular weight excluding hydrogens is 255 g/mol. The number of piperazine rings is 1. The van der Waals surface area contributed by atoms with E-state index in [1.807, 2.05) is 0 Å². The van der Waals surface area contributed by atoms with Gasteiger partial charge in [0.2, 0.25) is 0 Å². The van der Waals surface area contributed by atoms with Crippen LogP contribution < -0.4 is 0 Å². The number of hydrogen-bond acceptors (Lipinski definition) is 5. The Balaban J connectivity index is 0.00000256. The van der Waals surface area contributed by atoms with Crippen LogP contribution in [-0.4, -0.2) is 109 Å². The van der Waals surface area contributed by atoms with E-state index in [1.165, 1.54) is 0 Å². The Morgan fingerprint density at radius 1 is 1.00 bits per heavy atom. The summed E-state index contributed by atoms with van der Waals surface area (Å²) in [4.78, 5) is 4.36. The van der Waals surface area contributed by atoms with Gasteiger partial charge in [-0.15, -0.1) is 0 Å². The van der Waals surface area contributed by atoms with E-state index in [2.05, 4.69) is 9.80 Å². The monoisotopic (exact) mass is 276 g/mol. The number of aliphatic hydroxyl groups excluding tert-OH is 1. The number of rotatable bonds is 6. The van der Waals surface area contributed by atoms with Crippen LogP contribution in [0.15, 0.2) is 0 Å². The number of β-amino-alcohol motifs (C(OH)–C–C–N with tert-alkyl or cyclic N) is 1. The molecule has 0 saturated carbocycles. The van der Waals surface area contributed by atoms with Gasteiger partial charge in [-0.3, -0.25) is 9.45 Å². The van der Waals surface area contributed by atoms with Crippen LogP contribution >= 0.6 is 0 Å². The summed E-state index contributed by atoms with van der Waals surface area (Å²) in [7, 11) is -3.81. The van der Waals surface area contributed by atoms with Gasteiger partial charge in [0, 0.05) is 32.7 Å². The maximum atomic E-state index is 10.5. The van der Waals surface area contributed by atoms with Gasteiger partial charge < -0.3 is 10.0 Å². The molecule has 0 aromatic rings. The quantitative estimate of drug-likeness (QED) is 0.441. The zero-order valence-corrected chi connectivity index (χ0v) is 10.2. The Bertz CT molecular complexity index is 291. The Hall–Kier alpha value is 0.790. The molecule has 1 aliphatic rings. The first-order chi connectivity index (χ1) is 7.51. The minimum atomic E-state index is -3.81. The van der Waals surface area contributed by atoms with E-state index in [1.54, 1.807) is 0 Å². The number of nitrogens with zero attached hydrogens (tertiary/aromatic N) is 2. The van der Waals surface area contributed by atoms with Gasteiger partial charge in [0.25, 0.3) is 10.1 Å². The third kappa shape index (κ3) is 8.50. The second-order valence-electron chi connectivity index (χ2n) is 4.05. The predicted octanol–water partition coefficient (Wildman–Crippen LogP) is -1.77. The molecule has 0 spiro atoms. The van der Waals surface area contributed by atoms with Crippen LogP contribution in [0.1, 0.15) is 6.42 Å². The van der Waals surface area contributed by atoms with Crippen LogP contribution in [-0.2, 0) is 10.1 Å². The van der Waals surface area contributed by atoms with Gasteiger partial charge in [0.15, 0.2) is 0 Å². The summed E-state index contributed by atoms with van der Waals surface area (Å²) in [5.41, 5.74) is 0. The van der Waals surface area contributed by atoms with Gasteiger partial charge in [0.05, 0.1) is 12.4 Å². The van der Waals surface area contributed by atoms with Crippen molar-refractivity contribution in [3.63, 3.8) is 0 Å². The molecule has 0 atom stereocenters. The molecule has 6 nitrogen and oxygen atoms in total. The van der Waals surface area contributed by atoms with Crippen LogP contribution in [0.4, 0.5) is 0 Å². The summed E-state index contributed by atoms with van der Waals surface area (Å²) in [6.07, 6.45) is 0.471. The second-order valence-corrected chi connectivity index (χ2v) is 5.62. The molecule has 0 unspecified atom stereocenters. The molecule has 0 aliphatic carbocycles. The van der Waals surface area contributed by atoms with E-state index in [9.17, 15) is 8.42 Å². The average molecular weight is 276 g/mol. The van der Waals surface area contributed by atoms with Crippen LogP contribution in [0, 0.1) is 0 Å². The van der Waals surface area contributed by atoms with E-state index in [0.29, 0.717) is 19.5 Å². The SMILES string of the molecule is O=S(=O)(O)CCCN1CCN(CCO)CC1.[NaH]. The van der Waals surface area contributed by atoms with E-state index in [-0.39, 0.29) is 41.9 Å². The van der Waals surface area contributed by atoms with Crippen molar-refractivity contribution >= 4 is 39.7 Å². The zero-order chi connectivity index (χ0) is 12.0. The van der Waals surface area contributed by atoms with E-state index in [0.717, 1.165) is 26.2 Å². The molecule has 0 aromatic heterocycles. The van der Waals surface area contributed by atoms with Crippen molar-refractivity contribution in [2.75, 3.05) is 51.6 Å². The normalized spacial score (nSPS) is 18.9. The summed E-state index contributed by atoms with van der Waals surface area (Å²) in [5, 5.41) is 8.77. The fourth-order valence-corrected chi connectivity index (χ4v) is 2.34. The summed E-state index contributed by atoms with van der Waals surface area (Å²) in [5.74, 6) is -0.163. The van der Waals surface area contributed by atoms with Gasteiger partial charge in [-0.2, -0.15) is 8.42 Å². The van der Waals surface area contributed by atoms with Crippen molar-refractivity contribution in [1.29, 1.82) is 0 Å². The molecule has 0 radical (unpaired) electrons. The molecule has 17 heavy (non-hydrogen) atoms. The summed E-state index contributed by atoms with van der Waals surface area (Å²) in [6.45, 7) is 5.20. The van der Waals surface area contributed by atoms with Crippen molar-refractivity contribution in [2.45, 2.75) is 6.42 Å². The molecule has 0 bridgehead atoms. The first-order valence-corrected chi connectivity index (χ1v) is 7.13. The predicted molar refractivity (Wildman–Crippen MR) is 68.1 cm³/mol. The molecule has 1 heterocycles. The maximum absolute atomic E-state index is 10.5. The fourth-order valence-electron chi connectivity index (χ4n) is 1.85. The van der Waals surface area contributed by atoms with Crippen LogP contribution in [0.25, 0.3) is 0 Å². The average Bonchev–Trinajstić information content (AvgIpc) is 2.19. The Kier molecular flexibility index (Phi) is 9.23. The third-order valence-corrected chi connectivity index (χ3v) is 3.56. The molecular formula is C9H21N2NaO4S. The molecule has 0 aromatic carbocycles. The Morgan fingerprint density at radius 3 is 1.88 bits per heavy atom. The van der Waals surface area contributed by atoms with Crippen LogP contribution in [0.5, 0.6) is 0 Å². The summed E-state index contributed by atoms with van der Waals surface area (Å²) in [6, 6.07) is 0. The van der Waals surface area contributed by atoms with Crippen molar-refractivity contribution in [3.05, 3.63) is 0 Å². The molecule has 8 heteroatoms. The number of aliphatic hydroxyl groups is 1. The summed E-state index contributed by atoms with van der Waals surface area (Å²) >= 11 is 0. The van der Waals surface area contributed by atoms with E-state index >= 15 is 0 Å². The Morgan fingerprint density at radius 2 is 1.47 bits per heavy atom. The molecule has 1 aliphatic heterocycles. The zero-order valence-electron chi connectivity index (χ0n) is 9.38. The van der Waals surface area contributed by atoms with E-state index < -0.39 is 10.1 Å². The van der Waals surface area contributed by atoms with Gasteiger partial charge >= 0.3 is 29.6 Å². The van der Waals surface area contributed by atoms with Crippen LogP contribution in [0.3, 0.4) is 0 Å². The van der Waals surface area contributed by atoms with Crippen LogP contribution in [0.2, 0.25) is 0 Å². The van der Waals surface area contributed by atoms with Crippen molar-refractivity contribution in [2.24, 2.45) is 0 Å². The number of hydrogen-bond donors (Lipinski definition) is 2. The fraction of sp³-hybridized carbons (Fsp3) is 1.00. The standard InChI is InChI=1S/C9H20N2O4S.Na.H/c12-8-7-11-5-3-10(4-6-11)2-1-9-16(13,14)15;;/h12H,1-9H2,(H,13,14,15);;. The molecule has 0 amide bonds. The van der Waals surface area contributed by atoms with Crippen molar-refractivity contribution in [1.82, 2.24) is 9.80 Å². The molecule has 1 rings (SSSR count). The molecule has 1 saturated heterocycles. The van der Waals surface area contributed by atoms with Gasteiger partial charge in [-0.05, 0) is 13.0 Å². The first-order valence-electron chi connectivity index (χ1n) is 5.52. The molecule has 98 valence electrons.